The maximum atomic E-state index is 13.0. The lowest BCUT2D eigenvalue weighted by Gasteiger charge is -2.18. The Bertz CT molecular complexity index is 1400. The van der Waals surface area contributed by atoms with Gasteiger partial charge in [0.1, 0.15) is 11.4 Å². The van der Waals surface area contributed by atoms with E-state index in [0.717, 1.165) is 15.8 Å². The molecule has 3 heterocycles. The van der Waals surface area contributed by atoms with Gasteiger partial charge in [-0.1, -0.05) is 32.4 Å². The van der Waals surface area contributed by atoms with Crippen LogP contribution in [0.15, 0.2) is 35.3 Å². The maximum Gasteiger partial charge on any atom is 0.374 e. The number of aromatic nitrogens is 3. The zero-order valence-corrected chi connectivity index (χ0v) is 20.4. The molecule has 0 fully saturated rings. The summed E-state index contributed by atoms with van der Waals surface area (Å²) in [7, 11) is 0. The molecule has 184 valence electrons. The van der Waals surface area contributed by atoms with Crippen LogP contribution in [0.25, 0.3) is 11.3 Å². The fourth-order valence-corrected chi connectivity index (χ4v) is 4.10. The number of hydrogen-bond donors (Lipinski definition) is 3. The molecule has 0 aliphatic carbocycles. The van der Waals surface area contributed by atoms with Gasteiger partial charge in [0.15, 0.2) is 0 Å². The summed E-state index contributed by atoms with van der Waals surface area (Å²) in [5.41, 5.74) is -2.69. The first-order valence-electron chi connectivity index (χ1n) is 10.2. The van der Waals surface area contributed by atoms with Crippen molar-refractivity contribution < 1.29 is 29.4 Å². The average Bonchev–Trinajstić information content (AvgIpc) is 3.37. The molecule has 11 nitrogen and oxygen atoms in total. The van der Waals surface area contributed by atoms with Gasteiger partial charge in [-0.3, -0.25) is 14.4 Å². The highest BCUT2D eigenvalue weighted by Crippen LogP contribution is 2.28. The molecule has 3 aromatic heterocycles. The lowest BCUT2D eigenvalue weighted by Crippen LogP contribution is -2.31. The lowest BCUT2D eigenvalue weighted by molar-refractivity contribution is -0.149. The summed E-state index contributed by atoms with van der Waals surface area (Å²) < 4.78 is 2.39. The largest absolute Gasteiger partial charge is 0.477 e. The number of carbonyl (C=O) groups is 4. The van der Waals surface area contributed by atoms with Gasteiger partial charge in [0.05, 0.1) is 23.1 Å². The highest BCUT2D eigenvalue weighted by Gasteiger charge is 2.29. The fraction of sp³-hybridized carbons (Fsp3) is 0.273. The number of ketones is 1. The minimum atomic E-state index is -1.75. The lowest BCUT2D eigenvalue weighted by atomic mass is 9.96. The van der Waals surface area contributed by atoms with Crippen LogP contribution < -0.4 is 10.9 Å². The van der Waals surface area contributed by atoms with Crippen molar-refractivity contribution in [1.29, 1.82) is 0 Å². The number of nitrogens with zero attached hydrogens (tertiary/aromatic N) is 3. The molecule has 0 unspecified atom stereocenters. The van der Waals surface area contributed by atoms with Crippen LogP contribution in [0.3, 0.4) is 0 Å². The molecule has 3 aromatic rings. The normalized spacial score (nSPS) is 11.3. The third kappa shape index (κ3) is 5.66. The Morgan fingerprint density at radius 2 is 1.83 bits per heavy atom. The third-order valence-corrected chi connectivity index (χ3v) is 6.05. The SMILES string of the molecule is CC(C)(C)C(=O)n1nc(-c2ccn(CC(=O)C(=O)O)c(=O)c2C(=O)O)cc1NCc1ccc(Cl)s1. The number of aliphatic carboxylic acids is 1. The van der Waals surface area contributed by atoms with Crippen molar-refractivity contribution in [2.24, 2.45) is 5.41 Å². The van der Waals surface area contributed by atoms with Gasteiger partial charge in [0.2, 0.25) is 0 Å². The summed E-state index contributed by atoms with van der Waals surface area (Å²) in [6, 6.07) is 6.22. The number of rotatable bonds is 8. The molecule has 0 aliphatic rings. The van der Waals surface area contributed by atoms with Crippen LogP contribution in [0.1, 0.15) is 40.8 Å². The predicted octanol–water partition coefficient (Wildman–Crippen LogP) is 3.08. The van der Waals surface area contributed by atoms with Crippen molar-refractivity contribution >= 4 is 52.4 Å². The third-order valence-electron chi connectivity index (χ3n) is 4.82. The van der Waals surface area contributed by atoms with Gasteiger partial charge in [-0.05, 0) is 18.2 Å². The summed E-state index contributed by atoms with van der Waals surface area (Å²) >= 11 is 7.31. The zero-order valence-electron chi connectivity index (χ0n) is 18.9. The highest BCUT2D eigenvalue weighted by molar-refractivity contribution is 7.16. The molecule has 0 spiro atoms. The molecule has 3 rings (SSSR count). The number of carboxylic acids is 2. The summed E-state index contributed by atoms with van der Waals surface area (Å²) in [5, 5.41) is 25.9. The minimum Gasteiger partial charge on any atom is -0.477 e. The predicted molar refractivity (Wildman–Crippen MR) is 128 cm³/mol. The fourth-order valence-electron chi connectivity index (χ4n) is 3.08. The summed E-state index contributed by atoms with van der Waals surface area (Å²) in [5.74, 6) is -4.74. The topological polar surface area (TPSA) is 161 Å². The maximum absolute atomic E-state index is 13.0. The van der Waals surface area contributed by atoms with Gasteiger partial charge in [0.25, 0.3) is 17.2 Å². The number of hydrogen-bond acceptors (Lipinski definition) is 8. The molecular weight excluding hydrogens is 500 g/mol. The molecule has 0 atom stereocenters. The Morgan fingerprint density at radius 3 is 2.37 bits per heavy atom. The molecule has 0 aliphatic heterocycles. The van der Waals surface area contributed by atoms with Crippen LogP contribution >= 0.6 is 22.9 Å². The first-order chi connectivity index (χ1) is 16.3. The van der Waals surface area contributed by atoms with Gasteiger partial charge < -0.3 is 20.1 Å². The zero-order chi connectivity index (χ0) is 26.1. The Morgan fingerprint density at radius 1 is 1.14 bits per heavy atom. The van der Waals surface area contributed by atoms with E-state index in [0.29, 0.717) is 15.4 Å². The van der Waals surface area contributed by atoms with Gasteiger partial charge in [-0.15, -0.1) is 11.3 Å². The van der Waals surface area contributed by atoms with Gasteiger partial charge >= 0.3 is 11.9 Å². The number of pyridine rings is 1. The first-order valence-corrected chi connectivity index (χ1v) is 11.3. The van der Waals surface area contributed by atoms with Crippen molar-refractivity contribution in [3.63, 3.8) is 0 Å². The molecular formula is C22H21ClN4O7S. The van der Waals surface area contributed by atoms with Gasteiger partial charge in [0, 0.05) is 28.1 Å². The van der Waals surface area contributed by atoms with Crippen LogP contribution in [-0.2, 0) is 22.7 Å². The van der Waals surface area contributed by atoms with E-state index in [-0.39, 0.29) is 23.0 Å². The van der Waals surface area contributed by atoms with E-state index >= 15 is 0 Å². The van der Waals surface area contributed by atoms with Crippen molar-refractivity contribution in [3.05, 3.63) is 55.6 Å². The van der Waals surface area contributed by atoms with Gasteiger partial charge in [-0.2, -0.15) is 9.78 Å². The number of anilines is 1. The minimum absolute atomic E-state index is 0.0283. The van der Waals surface area contributed by atoms with Gasteiger partial charge in [-0.25, -0.2) is 9.59 Å². The smallest absolute Gasteiger partial charge is 0.374 e. The summed E-state index contributed by atoms with van der Waals surface area (Å²) in [4.78, 5) is 61.0. The molecule has 0 amide bonds. The number of carbonyl (C=O) groups excluding carboxylic acids is 2. The van der Waals surface area contributed by atoms with E-state index in [1.54, 1.807) is 26.8 Å². The number of halogens is 1. The molecule has 0 aromatic carbocycles. The second kappa shape index (κ2) is 9.84. The Hall–Kier alpha value is -3.77. The molecule has 35 heavy (non-hydrogen) atoms. The highest BCUT2D eigenvalue weighted by atomic mass is 35.5. The van der Waals surface area contributed by atoms with Crippen LogP contribution in [0.5, 0.6) is 0 Å². The Kier molecular flexibility index (Phi) is 7.27. The van der Waals surface area contributed by atoms with Crippen molar-refractivity contribution in [3.8, 4) is 11.3 Å². The van der Waals surface area contributed by atoms with E-state index in [4.69, 9.17) is 16.7 Å². The average molecular weight is 521 g/mol. The monoisotopic (exact) mass is 520 g/mol. The number of Topliss-reactive ketones (excluding diaryl/α,β-unsaturated/α-hetero) is 1. The van der Waals surface area contributed by atoms with Crippen molar-refractivity contribution in [2.45, 2.75) is 33.9 Å². The molecule has 0 saturated heterocycles. The molecule has 0 bridgehead atoms. The van der Waals surface area contributed by atoms with E-state index in [1.807, 2.05) is 6.07 Å². The van der Waals surface area contributed by atoms with Crippen molar-refractivity contribution in [2.75, 3.05) is 5.32 Å². The summed E-state index contributed by atoms with van der Waals surface area (Å²) in [6.45, 7) is 4.57. The van der Waals surface area contributed by atoms with E-state index in [1.165, 1.54) is 23.5 Å². The van der Waals surface area contributed by atoms with Crippen LogP contribution in [0.2, 0.25) is 4.34 Å². The van der Waals surface area contributed by atoms with E-state index < -0.39 is 40.8 Å². The molecule has 3 N–H and O–H groups in total. The second-order valence-electron chi connectivity index (χ2n) is 8.51. The number of nitrogens with one attached hydrogen (secondary N) is 1. The molecule has 13 heteroatoms. The Labute approximate surface area is 207 Å². The Balaban J connectivity index is 2.10. The van der Waals surface area contributed by atoms with E-state index in [2.05, 4.69) is 10.4 Å². The van der Waals surface area contributed by atoms with Crippen molar-refractivity contribution in [1.82, 2.24) is 14.3 Å². The van der Waals surface area contributed by atoms with Crippen LogP contribution in [-0.4, -0.2) is 48.2 Å². The molecule has 0 radical (unpaired) electrons. The first kappa shape index (κ1) is 25.8. The van der Waals surface area contributed by atoms with E-state index in [9.17, 15) is 29.1 Å². The molecule has 0 saturated carbocycles. The summed E-state index contributed by atoms with van der Waals surface area (Å²) in [6.07, 6.45) is 1.11. The van der Waals surface area contributed by atoms with Crippen LogP contribution in [0.4, 0.5) is 5.82 Å². The standard InChI is InChI=1S/C22H21ClN4O7S/c1-22(2,3)21(34)27-16(24-9-11-4-5-15(23)35-11)8-13(25-27)12-6-7-26(10-14(28)19(30)31)18(29)17(12)20(32)33/h4-8,24H,9-10H2,1-3H3,(H,30,31)(H,32,33). The second-order valence-corrected chi connectivity index (χ2v) is 10.3. The quantitative estimate of drug-likeness (QED) is 0.379. The number of thiophene rings is 1. The number of carboxylic acid groups (broad SMARTS) is 2. The number of aromatic carboxylic acids is 1. The van der Waals surface area contributed by atoms with Crippen LogP contribution in [0, 0.1) is 5.41 Å².